The quantitative estimate of drug-likeness (QED) is 0.521. The standard InChI is InChI=1S/C23H24ClN3O3/c1-15(2)30-20-9-5-16(6-10-20)11-18-13-25-23(26-14-22(28)29)27-21(18)12-17-3-7-19(24)8-4-17/h3-10,13,15H,11-12,14H2,1-2H3,(H,28,29)(H,25,26,27). The molecule has 0 aliphatic carbocycles. The Morgan fingerprint density at radius 3 is 2.33 bits per heavy atom. The van der Waals surface area contributed by atoms with Crippen LogP contribution in [0, 0.1) is 0 Å². The number of nitrogens with one attached hydrogen (secondary N) is 1. The first-order valence-corrected chi connectivity index (χ1v) is 10.1. The van der Waals surface area contributed by atoms with Crippen LogP contribution in [0.5, 0.6) is 5.75 Å². The third-order valence-corrected chi connectivity index (χ3v) is 4.58. The van der Waals surface area contributed by atoms with Crippen molar-refractivity contribution in [2.75, 3.05) is 11.9 Å². The number of nitrogens with zero attached hydrogens (tertiary/aromatic N) is 2. The second-order valence-corrected chi connectivity index (χ2v) is 7.64. The van der Waals surface area contributed by atoms with E-state index >= 15 is 0 Å². The maximum absolute atomic E-state index is 10.8. The smallest absolute Gasteiger partial charge is 0.322 e. The fourth-order valence-corrected chi connectivity index (χ4v) is 3.08. The highest BCUT2D eigenvalue weighted by Gasteiger charge is 2.11. The molecule has 7 heteroatoms. The zero-order valence-corrected chi connectivity index (χ0v) is 17.7. The van der Waals surface area contributed by atoms with Gasteiger partial charge in [-0.25, -0.2) is 9.97 Å². The zero-order valence-electron chi connectivity index (χ0n) is 16.9. The summed E-state index contributed by atoms with van der Waals surface area (Å²) in [6.07, 6.45) is 3.12. The van der Waals surface area contributed by atoms with Gasteiger partial charge in [-0.1, -0.05) is 35.9 Å². The van der Waals surface area contributed by atoms with Crippen molar-refractivity contribution in [3.05, 3.63) is 82.1 Å². The summed E-state index contributed by atoms with van der Waals surface area (Å²) in [5.74, 6) is 0.163. The van der Waals surface area contributed by atoms with Gasteiger partial charge in [-0.2, -0.15) is 0 Å². The van der Waals surface area contributed by atoms with Gasteiger partial charge in [0.2, 0.25) is 5.95 Å². The number of carbonyl (C=O) groups is 1. The average molecular weight is 426 g/mol. The molecule has 6 nitrogen and oxygen atoms in total. The Bertz CT molecular complexity index is 990. The molecule has 3 rings (SSSR count). The molecule has 0 atom stereocenters. The fraction of sp³-hybridized carbons (Fsp3) is 0.261. The van der Waals surface area contributed by atoms with Crippen molar-refractivity contribution in [3.63, 3.8) is 0 Å². The number of halogens is 1. The van der Waals surface area contributed by atoms with E-state index in [1.54, 1.807) is 6.20 Å². The molecule has 0 saturated carbocycles. The van der Waals surface area contributed by atoms with Crippen molar-refractivity contribution in [2.45, 2.75) is 32.8 Å². The second kappa shape index (κ2) is 10.1. The highest BCUT2D eigenvalue weighted by atomic mass is 35.5. The molecule has 0 spiro atoms. The Morgan fingerprint density at radius 2 is 1.70 bits per heavy atom. The summed E-state index contributed by atoms with van der Waals surface area (Å²) in [7, 11) is 0. The van der Waals surface area contributed by atoms with Crippen molar-refractivity contribution in [1.29, 1.82) is 0 Å². The summed E-state index contributed by atoms with van der Waals surface area (Å²) in [5, 5.41) is 12.3. The number of rotatable bonds is 9. The molecule has 2 aromatic carbocycles. The molecule has 156 valence electrons. The van der Waals surface area contributed by atoms with Gasteiger partial charge in [-0.05, 0) is 54.8 Å². The summed E-state index contributed by atoms with van der Waals surface area (Å²) in [6, 6.07) is 15.6. The largest absolute Gasteiger partial charge is 0.491 e. The van der Waals surface area contributed by atoms with Crippen LogP contribution in [0.2, 0.25) is 5.02 Å². The number of hydrogen-bond acceptors (Lipinski definition) is 5. The number of aliphatic carboxylic acids is 1. The molecule has 0 aliphatic heterocycles. The third kappa shape index (κ3) is 6.46. The van der Waals surface area contributed by atoms with Gasteiger partial charge in [-0.3, -0.25) is 4.79 Å². The van der Waals surface area contributed by atoms with E-state index in [0.29, 0.717) is 23.8 Å². The van der Waals surface area contributed by atoms with E-state index in [0.717, 1.165) is 28.1 Å². The van der Waals surface area contributed by atoms with Crippen LogP contribution in [-0.2, 0) is 17.6 Å². The minimum absolute atomic E-state index is 0.126. The number of anilines is 1. The van der Waals surface area contributed by atoms with Crippen molar-refractivity contribution in [1.82, 2.24) is 9.97 Å². The van der Waals surface area contributed by atoms with Gasteiger partial charge < -0.3 is 15.2 Å². The molecule has 3 aromatic rings. The van der Waals surface area contributed by atoms with E-state index in [9.17, 15) is 4.79 Å². The average Bonchev–Trinajstić information content (AvgIpc) is 2.71. The molecule has 0 saturated heterocycles. The maximum atomic E-state index is 10.8. The highest BCUT2D eigenvalue weighted by Crippen LogP contribution is 2.21. The van der Waals surface area contributed by atoms with Crippen LogP contribution >= 0.6 is 11.6 Å². The van der Waals surface area contributed by atoms with E-state index in [2.05, 4.69) is 15.3 Å². The summed E-state index contributed by atoms with van der Waals surface area (Å²) < 4.78 is 5.70. The van der Waals surface area contributed by atoms with E-state index in [4.69, 9.17) is 21.4 Å². The van der Waals surface area contributed by atoms with Gasteiger partial charge in [0, 0.05) is 24.1 Å². The lowest BCUT2D eigenvalue weighted by Gasteiger charge is -2.13. The lowest BCUT2D eigenvalue weighted by atomic mass is 10.0. The van der Waals surface area contributed by atoms with Crippen LogP contribution in [0.25, 0.3) is 0 Å². The van der Waals surface area contributed by atoms with Crippen LogP contribution < -0.4 is 10.1 Å². The van der Waals surface area contributed by atoms with Crippen LogP contribution in [0.3, 0.4) is 0 Å². The molecule has 0 bridgehead atoms. The Morgan fingerprint density at radius 1 is 1.07 bits per heavy atom. The summed E-state index contributed by atoms with van der Waals surface area (Å²) >= 11 is 5.99. The maximum Gasteiger partial charge on any atom is 0.322 e. The summed E-state index contributed by atoms with van der Waals surface area (Å²) in [4.78, 5) is 19.7. The van der Waals surface area contributed by atoms with Gasteiger partial charge in [-0.15, -0.1) is 0 Å². The summed E-state index contributed by atoms with van der Waals surface area (Å²) in [6.45, 7) is 3.75. The SMILES string of the molecule is CC(C)Oc1ccc(Cc2cnc(NCC(=O)O)nc2Cc2ccc(Cl)cc2)cc1. The molecule has 0 amide bonds. The minimum atomic E-state index is -0.967. The number of hydrogen-bond donors (Lipinski definition) is 2. The molecule has 1 aromatic heterocycles. The first-order chi connectivity index (χ1) is 14.4. The minimum Gasteiger partial charge on any atom is -0.491 e. The van der Waals surface area contributed by atoms with Gasteiger partial charge in [0.05, 0.1) is 11.8 Å². The fourth-order valence-electron chi connectivity index (χ4n) is 2.96. The lowest BCUT2D eigenvalue weighted by molar-refractivity contribution is -0.134. The Hall–Kier alpha value is -3.12. The predicted molar refractivity (Wildman–Crippen MR) is 117 cm³/mol. The molecule has 2 N–H and O–H groups in total. The molecule has 0 aliphatic rings. The Labute approximate surface area is 180 Å². The highest BCUT2D eigenvalue weighted by molar-refractivity contribution is 6.30. The number of benzene rings is 2. The first-order valence-electron chi connectivity index (χ1n) is 9.69. The van der Waals surface area contributed by atoms with Gasteiger partial charge in [0.1, 0.15) is 12.3 Å². The number of aromatic nitrogens is 2. The third-order valence-electron chi connectivity index (χ3n) is 4.33. The second-order valence-electron chi connectivity index (χ2n) is 7.20. The van der Waals surface area contributed by atoms with Crippen LogP contribution in [0.4, 0.5) is 5.95 Å². The van der Waals surface area contributed by atoms with E-state index < -0.39 is 5.97 Å². The normalized spacial score (nSPS) is 10.8. The molecule has 1 heterocycles. The van der Waals surface area contributed by atoms with Gasteiger partial charge >= 0.3 is 5.97 Å². The number of carboxylic acid groups (broad SMARTS) is 1. The topological polar surface area (TPSA) is 84.3 Å². The molecule has 0 fully saturated rings. The summed E-state index contributed by atoms with van der Waals surface area (Å²) in [5.41, 5.74) is 3.98. The van der Waals surface area contributed by atoms with Gasteiger partial charge in [0.15, 0.2) is 0 Å². The number of ether oxygens (including phenoxy) is 1. The monoisotopic (exact) mass is 425 g/mol. The zero-order chi connectivity index (χ0) is 21.5. The van der Waals surface area contributed by atoms with Crippen LogP contribution in [-0.4, -0.2) is 33.7 Å². The van der Waals surface area contributed by atoms with Crippen molar-refractivity contribution < 1.29 is 14.6 Å². The Kier molecular flexibility index (Phi) is 7.25. The van der Waals surface area contributed by atoms with E-state index in [1.165, 1.54) is 0 Å². The van der Waals surface area contributed by atoms with Crippen molar-refractivity contribution >= 4 is 23.5 Å². The van der Waals surface area contributed by atoms with Gasteiger partial charge in [0.25, 0.3) is 0 Å². The van der Waals surface area contributed by atoms with Crippen molar-refractivity contribution in [2.24, 2.45) is 0 Å². The van der Waals surface area contributed by atoms with Crippen LogP contribution in [0.1, 0.15) is 36.2 Å². The molecular formula is C23H24ClN3O3. The van der Waals surface area contributed by atoms with Crippen molar-refractivity contribution in [3.8, 4) is 5.75 Å². The van der Waals surface area contributed by atoms with E-state index in [-0.39, 0.29) is 12.6 Å². The van der Waals surface area contributed by atoms with Crippen LogP contribution in [0.15, 0.2) is 54.7 Å². The lowest BCUT2D eigenvalue weighted by Crippen LogP contribution is -2.15. The number of carboxylic acids is 1. The molecule has 0 radical (unpaired) electrons. The molecule has 0 unspecified atom stereocenters. The molecule has 30 heavy (non-hydrogen) atoms. The van der Waals surface area contributed by atoms with E-state index in [1.807, 2.05) is 62.4 Å². The first kappa shape index (κ1) is 21.6. The predicted octanol–water partition coefficient (Wildman–Crippen LogP) is 4.60. The molecular weight excluding hydrogens is 402 g/mol. The Balaban J connectivity index is 1.83.